The Kier molecular flexibility index (Phi) is 6.24. The van der Waals surface area contributed by atoms with Crippen molar-refractivity contribution in [3.63, 3.8) is 0 Å². The van der Waals surface area contributed by atoms with E-state index in [-0.39, 0.29) is 23.8 Å². The van der Waals surface area contributed by atoms with Gasteiger partial charge in [-0.2, -0.15) is 0 Å². The van der Waals surface area contributed by atoms with Gasteiger partial charge in [0.1, 0.15) is 0 Å². The Morgan fingerprint density at radius 1 is 1.07 bits per heavy atom. The van der Waals surface area contributed by atoms with Crippen molar-refractivity contribution in [3.8, 4) is 0 Å². The number of benzene rings is 2. The number of hydrogen-bond donors (Lipinski definition) is 2. The average Bonchev–Trinajstić information content (AvgIpc) is 2.69. The molecular weight excluding hydrogens is 338 g/mol. The maximum Gasteiger partial charge on any atom is 0.253 e. The number of carbonyl (C=O) groups is 2. The number of amides is 2. The zero-order valence-electron chi connectivity index (χ0n) is 15.9. The molecule has 0 radical (unpaired) electrons. The Labute approximate surface area is 160 Å². The molecule has 1 aliphatic heterocycles. The fourth-order valence-electron chi connectivity index (χ4n) is 3.50. The lowest BCUT2D eigenvalue weighted by Gasteiger charge is -2.29. The molecule has 0 spiro atoms. The molecule has 1 heterocycles. The number of para-hydroxylation sites is 1. The number of carbonyl (C=O) groups excluding carboxylic acids is 2. The van der Waals surface area contributed by atoms with Crippen molar-refractivity contribution in [2.24, 2.45) is 5.92 Å². The minimum Gasteiger partial charge on any atom is -0.345 e. The Hall–Kier alpha value is -2.66. The van der Waals surface area contributed by atoms with E-state index in [0.29, 0.717) is 11.3 Å². The fraction of sp³-hybridized carbons (Fsp3) is 0.364. The molecular formula is C22H27N3O2. The van der Waals surface area contributed by atoms with Gasteiger partial charge in [-0.05, 0) is 51.1 Å². The molecule has 3 rings (SSSR count). The lowest BCUT2D eigenvalue weighted by Crippen LogP contribution is -2.38. The van der Waals surface area contributed by atoms with Gasteiger partial charge >= 0.3 is 0 Å². The first kappa shape index (κ1) is 19.1. The van der Waals surface area contributed by atoms with Crippen LogP contribution in [0.3, 0.4) is 0 Å². The summed E-state index contributed by atoms with van der Waals surface area (Å²) in [7, 11) is 2.03. The third-order valence-corrected chi connectivity index (χ3v) is 5.07. The predicted molar refractivity (Wildman–Crippen MR) is 108 cm³/mol. The highest BCUT2D eigenvalue weighted by atomic mass is 16.2. The third-order valence-electron chi connectivity index (χ3n) is 5.07. The fourth-order valence-corrected chi connectivity index (χ4v) is 3.50. The van der Waals surface area contributed by atoms with Crippen LogP contribution in [0.15, 0.2) is 54.6 Å². The number of rotatable bonds is 5. The summed E-state index contributed by atoms with van der Waals surface area (Å²) in [6.07, 6.45) is 1.90. The SMILES string of the molecule is C[C@@H](NC(=O)c1ccccc1NC(=O)[C@@H]1CCCN(C)C1)c1ccccc1. The summed E-state index contributed by atoms with van der Waals surface area (Å²) in [4.78, 5) is 27.6. The van der Waals surface area contributed by atoms with Crippen molar-refractivity contribution in [1.82, 2.24) is 10.2 Å². The zero-order valence-corrected chi connectivity index (χ0v) is 15.9. The highest BCUT2D eigenvalue weighted by molar-refractivity contribution is 6.04. The number of piperidine rings is 1. The van der Waals surface area contributed by atoms with Crippen molar-refractivity contribution < 1.29 is 9.59 Å². The molecule has 0 unspecified atom stereocenters. The molecule has 2 amide bonds. The summed E-state index contributed by atoms with van der Waals surface area (Å²) < 4.78 is 0. The molecule has 1 aliphatic rings. The van der Waals surface area contributed by atoms with Gasteiger partial charge in [0, 0.05) is 6.54 Å². The molecule has 0 bridgehead atoms. The molecule has 2 N–H and O–H groups in total. The number of nitrogens with zero attached hydrogens (tertiary/aromatic N) is 1. The maximum atomic E-state index is 12.8. The van der Waals surface area contributed by atoms with E-state index in [1.165, 1.54) is 0 Å². The van der Waals surface area contributed by atoms with Crippen LogP contribution in [-0.4, -0.2) is 36.9 Å². The van der Waals surface area contributed by atoms with Crippen molar-refractivity contribution in [2.45, 2.75) is 25.8 Å². The van der Waals surface area contributed by atoms with Crippen LogP contribution in [0.2, 0.25) is 0 Å². The smallest absolute Gasteiger partial charge is 0.253 e. The molecule has 2 aromatic carbocycles. The third kappa shape index (κ3) is 4.95. The lowest BCUT2D eigenvalue weighted by molar-refractivity contribution is -0.121. The van der Waals surface area contributed by atoms with Gasteiger partial charge in [0.2, 0.25) is 5.91 Å². The van der Waals surface area contributed by atoms with Crippen LogP contribution in [0.5, 0.6) is 0 Å². The summed E-state index contributed by atoms with van der Waals surface area (Å²) in [6, 6.07) is 16.9. The molecule has 2 atom stereocenters. The molecule has 5 heteroatoms. The highest BCUT2D eigenvalue weighted by Gasteiger charge is 2.25. The van der Waals surface area contributed by atoms with Crippen LogP contribution in [0, 0.1) is 5.92 Å². The van der Waals surface area contributed by atoms with Gasteiger partial charge in [0.05, 0.1) is 23.2 Å². The minimum atomic E-state index is -0.192. The second-order valence-electron chi connectivity index (χ2n) is 7.24. The summed E-state index contributed by atoms with van der Waals surface area (Å²) in [5, 5.41) is 5.98. The van der Waals surface area contributed by atoms with E-state index in [1.54, 1.807) is 12.1 Å². The van der Waals surface area contributed by atoms with Gasteiger partial charge in [0.15, 0.2) is 0 Å². The van der Waals surface area contributed by atoms with Gasteiger partial charge in [-0.15, -0.1) is 0 Å². The Morgan fingerprint density at radius 2 is 1.78 bits per heavy atom. The number of hydrogen-bond acceptors (Lipinski definition) is 3. The summed E-state index contributed by atoms with van der Waals surface area (Å²) in [6.45, 7) is 3.73. The first-order valence-corrected chi connectivity index (χ1v) is 9.49. The van der Waals surface area contributed by atoms with Crippen molar-refractivity contribution >= 4 is 17.5 Å². The van der Waals surface area contributed by atoms with E-state index in [2.05, 4.69) is 15.5 Å². The topological polar surface area (TPSA) is 61.4 Å². The summed E-state index contributed by atoms with van der Waals surface area (Å²) in [5.41, 5.74) is 2.09. The van der Waals surface area contributed by atoms with E-state index in [1.807, 2.05) is 56.4 Å². The van der Waals surface area contributed by atoms with E-state index in [9.17, 15) is 9.59 Å². The van der Waals surface area contributed by atoms with Crippen LogP contribution in [0.25, 0.3) is 0 Å². The van der Waals surface area contributed by atoms with E-state index >= 15 is 0 Å². The van der Waals surface area contributed by atoms with Crippen LogP contribution in [0.4, 0.5) is 5.69 Å². The normalized spacial score (nSPS) is 18.5. The molecule has 0 aromatic heterocycles. The van der Waals surface area contributed by atoms with E-state index in [0.717, 1.165) is 31.5 Å². The lowest BCUT2D eigenvalue weighted by atomic mass is 9.97. The number of anilines is 1. The monoisotopic (exact) mass is 365 g/mol. The highest BCUT2D eigenvalue weighted by Crippen LogP contribution is 2.21. The molecule has 142 valence electrons. The van der Waals surface area contributed by atoms with Crippen molar-refractivity contribution in [2.75, 3.05) is 25.5 Å². The molecule has 1 fully saturated rings. The quantitative estimate of drug-likeness (QED) is 0.853. The van der Waals surface area contributed by atoms with Crippen LogP contribution < -0.4 is 10.6 Å². The summed E-state index contributed by atoms with van der Waals surface area (Å²) >= 11 is 0. The molecule has 0 saturated carbocycles. The Morgan fingerprint density at radius 3 is 2.52 bits per heavy atom. The second kappa shape index (κ2) is 8.82. The predicted octanol–water partition coefficient (Wildman–Crippen LogP) is 3.46. The van der Waals surface area contributed by atoms with E-state index in [4.69, 9.17) is 0 Å². The minimum absolute atomic E-state index is 0.0158. The van der Waals surface area contributed by atoms with Gasteiger partial charge in [-0.25, -0.2) is 0 Å². The molecule has 2 aromatic rings. The van der Waals surface area contributed by atoms with E-state index < -0.39 is 0 Å². The largest absolute Gasteiger partial charge is 0.345 e. The van der Waals surface area contributed by atoms with Crippen molar-refractivity contribution in [1.29, 1.82) is 0 Å². The molecule has 5 nitrogen and oxygen atoms in total. The van der Waals surface area contributed by atoms with Crippen LogP contribution in [0.1, 0.15) is 41.7 Å². The molecule has 27 heavy (non-hydrogen) atoms. The second-order valence-corrected chi connectivity index (χ2v) is 7.24. The average molecular weight is 365 g/mol. The number of nitrogens with one attached hydrogen (secondary N) is 2. The van der Waals surface area contributed by atoms with Gasteiger partial charge < -0.3 is 15.5 Å². The number of likely N-dealkylation sites (tertiary alicyclic amines) is 1. The van der Waals surface area contributed by atoms with Crippen LogP contribution in [-0.2, 0) is 4.79 Å². The Balaban J connectivity index is 1.69. The first-order valence-electron chi connectivity index (χ1n) is 9.49. The van der Waals surface area contributed by atoms with Crippen molar-refractivity contribution in [3.05, 3.63) is 65.7 Å². The first-order chi connectivity index (χ1) is 13.0. The molecule has 0 aliphatic carbocycles. The molecule has 1 saturated heterocycles. The summed E-state index contributed by atoms with van der Waals surface area (Å²) in [5.74, 6) is -0.246. The van der Waals surface area contributed by atoms with Crippen LogP contribution >= 0.6 is 0 Å². The maximum absolute atomic E-state index is 12.8. The van der Waals surface area contributed by atoms with Gasteiger partial charge in [0.25, 0.3) is 5.91 Å². The van der Waals surface area contributed by atoms with Gasteiger partial charge in [-0.1, -0.05) is 42.5 Å². The Bertz CT molecular complexity index is 791. The van der Waals surface area contributed by atoms with Gasteiger partial charge in [-0.3, -0.25) is 9.59 Å². The zero-order chi connectivity index (χ0) is 19.2. The standard InChI is InChI=1S/C22H27N3O2/c1-16(17-9-4-3-5-10-17)23-22(27)19-12-6-7-13-20(19)24-21(26)18-11-8-14-25(2)15-18/h3-7,9-10,12-13,16,18H,8,11,14-15H2,1-2H3,(H,23,27)(H,24,26)/t16-,18-/m1/s1.